The van der Waals surface area contributed by atoms with Crippen LogP contribution in [0.3, 0.4) is 0 Å². The van der Waals surface area contributed by atoms with Gasteiger partial charge in [0.25, 0.3) is 11.5 Å². The lowest BCUT2D eigenvalue weighted by atomic mass is 10.1. The molecule has 0 aromatic carbocycles. The van der Waals surface area contributed by atoms with Gasteiger partial charge in [-0.2, -0.15) is 0 Å². The summed E-state index contributed by atoms with van der Waals surface area (Å²) in [5.41, 5.74) is 0.168. The first-order valence-corrected chi connectivity index (χ1v) is 9.43. The minimum absolute atomic E-state index is 0.176. The van der Waals surface area contributed by atoms with E-state index >= 15 is 0 Å². The molecule has 0 unspecified atom stereocenters. The van der Waals surface area contributed by atoms with E-state index in [0.29, 0.717) is 38.2 Å². The first-order valence-electron chi connectivity index (χ1n) is 9.43. The summed E-state index contributed by atoms with van der Waals surface area (Å²) < 4.78 is 7.04. The Labute approximate surface area is 157 Å². The summed E-state index contributed by atoms with van der Waals surface area (Å²) in [6.45, 7) is 8.05. The van der Waals surface area contributed by atoms with Gasteiger partial charge in [-0.25, -0.2) is 4.98 Å². The number of nitrogens with zero attached hydrogens (tertiary/aromatic N) is 3. The highest BCUT2D eigenvalue weighted by Crippen LogP contribution is 2.21. The van der Waals surface area contributed by atoms with Gasteiger partial charge in [-0.05, 0) is 25.7 Å². The highest BCUT2D eigenvalue weighted by Gasteiger charge is 2.23. The highest BCUT2D eigenvalue weighted by molar-refractivity contribution is 6.06. The molecule has 1 fully saturated rings. The normalized spacial score (nSPS) is 14.5. The van der Waals surface area contributed by atoms with Crippen LogP contribution in [0.15, 0.2) is 15.5 Å². The van der Waals surface area contributed by atoms with E-state index in [4.69, 9.17) is 4.42 Å². The molecular formula is C19H26N4O4. The van der Waals surface area contributed by atoms with Crippen LogP contribution in [-0.4, -0.2) is 45.9 Å². The van der Waals surface area contributed by atoms with Gasteiger partial charge >= 0.3 is 0 Å². The van der Waals surface area contributed by atoms with Gasteiger partial charge in [0.15, 0.2) is 0 Å². The molecule has 27 heavy (non-hydrogen) atoms. The number of nitrogens with one attached hydrogen (secondary N) is 1. The molecule has 1 aliphatic rings. The molecule has 0 radical (unpaired) electrons. The largest absolute Gasteiger partial charge is 0.442 e. The van der Waals surface area contributed by atoms with E-state index in [0.717, 1.165) is 13.0 Å². The predicted molar refractivity (Wildman–Crippen MR) is 101 cm³/mol. The second-order valence-corrected chi connectivity index (χ2v) is 7.40. The third-order valence-electron chi connectivity index (χ3n) is 4.71. The molecule has 0 aliphatic carbocycles. The topological polar surface area (TPSA) is 97.4 Å². The van der Waals surface area contributed by atoms with E-state index < -0.39 is 0 Å². The van der Waals surface area contributed by atoms with Crippen molar-refractivity contribution in [2.45, 2.75) is 46.6 Å². The molecule has 1 aliphatic heterocycles. The summed E-state index contributed by atoms with van der Waals surface area (Å²) in [7, 11) is 0. The second kappa shape index (κ2) is 7.94. The lowest BCUT2D eigenvalue weighted by Crippen LogP contribution is -2.31. The fraction of sp³-hybridized carbons (Fsp3) is 0.579. The van der Waals surface area contributed by atoms with E-state index in [1.807, 2.05) is 18.7 Å². The standard InChI is InChI=1S/C19H26N4O4/c1-12(2)10-23-11-21-18-16(19(23)26)15(13(3)27-18)17(25)20-7-5-9-22-8-4-6-14(22)24/h11-12H,4-10H2,1-3H3,(H,20,25). The molecule has 0 bridgehead atoms. The van der Waals surface area contributed by atoms with Gasteiger partial charge in [0.2, 0.25) is 11.6 Å². The van der Waals surface area contributed by atoms with Gasteiger partial charge < -0.3 is 14.6 Å². The van der Waals surface area contributed by atoms with Crippen molar-refractivity contribution in [3.63, 3.8) is 0 Å². The average Bonchev–Trinajstić information content (AvgIpc) is 3.16. The Bertz CT molecular complexity index is 912. The SMILES string of the molecule is Cc1oc2ncn(CC(C)C)c(=O)c2c1C(=O)NCCCN1CCCC1=O. The molecular weight excluding hydrogens is 348 g/mol. The molecule has 3 heterocycles. The Hall–Kier alpha value is -2.64. The molecule has 8 nitrogen and oxygen atoms in total. The van der Waals surface area contributed by atoms with Crippen molar-refractivity contribution in [3.05, 3.63) is 28.0 Å². The molecule has 1 saturated heterocycles. The van der Waals surface area contributed by atoms with Gasteiger partial charge in [-0.3, -0.25) is 19.0 Å². The molecule has 2 aromatic rings. The van der Waals surface area contributed by atoms with Crippen LogP contribution in [0.2, 0.25) is 0 Å². The number of carbonyl (C=O) groups excluding carboxylic acids is 2. The van der Waals surface area contributed by atoms with Gasteiger partial charge in [-0.15, -0.1) is 0 Å². The fourth-order valence-corrected chi connectivity index (χ4v) is 3.44. The molecule has 0 saturated carbocycles. The maximum absolute atomic E-state index is 12.8. The lowest BCUT2D eigenvalue weighted by molar-refractivity contribution is -0.127. The summed E-state index contributed by atoms with van der Waals surface area (Å²) in [4.78, 5) is 43.1. The van der Waals surface area contributed by atoms with Crippen LogP contribution in [0.5, 0.6) is 0 Å². The van der Waals surface area contributed by atoms with Crippen molar-refractivity contribution < 1.29 is 14.0 Å². The number of amides is 2. The molecule has 0 spiro atoms. The Morgan fingerprint density at radius 1 is 1.37 bits per heavy atom. The molecule has 146 valence electrons. The van der Waals surface area contributed by atoms with E-state index in [2.05, 4.69) is 10.3 Å². The van der Waals surface area contributed by atoms with E-state index in [1.54, 1.807) is 6.92 Å². The zero-order valence-corrected chi connectivity index (χ0v) is 16.1. The first kappa shape index (κ1) is 19.1. The fourth-order valence-electron chi connectivity index (χ4n) is 3.44. The number of fused-ring (bicyclic) bond motifs is 1. The van der Waals surface area contributed by atoms with Crippen LogP contribution < -0.4 is 10.9 Å². The van der Waals surface area contributed by atoms with Crippen molar-refractivity contribution in [1.29, 1.82) is 0 Å². The Morgan fingerprint density at radius 2 is 2.15 bits per heavy atom. The quantitative estimate of drug-likeness (QED) is 0.744. The van der Waals surface area contributed by atoms with Crippen molar-refractivity contribution in [1.82, 2.24) is 19.8 Å². The second-order valence-electron chi connectivity index (χ2n) is 7.40. The van der Waals surface area contributed by atoms with Crippen LogP contribution in [0.25, 0.3) is 11.1 Å². The average molecular weight is 374 g/mol. The molecule has 8 heteroatoms. The molecule has 3 rings (SSSR count). The zero-order valence-electron chi connectivity index (χ0n) is 16.1. The monoisotopic (exact) mass is 374 g/mol. The van der Waals surface area contributed by atoms with E-state index in [-0.39, 0.29) is 40.0 Å². The van der Waals surface area contributed by atoms with E-state index in [1.165, 1.54) is 10.9 Å². The van der Waals surface area contributed by atoms with E-state index in [9.17, 15) is 14.4 Å². The Morgan fingerprint density at radius 3 is 2.81 bits per heavy atom. The number of rotatable bonds is 7. The van der Waals surface area contributed by atoms with Crippen LogP contribution >= 0.6 is 0 Å². The maximum atomic E-state index is 12.8. The third kappa shape index (κ3) is 4.04. The van der Waals surface area contributed by atoms with Crippen molar-refractivity contribution in [2.75, 3.05) is 19.6 Å². The smallest absolute Gasteiger partial charge is 0.265 e. The van der Waals surface area contributed by atoms with Crippen LogP contribution in [0, 0.1) is 12.8 Å². The number of hydrogen-bond acceptors (Lipinski definition) is 5. The number of hydrogen-bond donors (Lipinski definition) is 1. The summed E-state index contributed by atoms with van der Waals surface area (Å²) in [6, 6.07) is 0. The highest BCUT2D eigenvalue weighted by atomic mass is 16.3. The number of furan rings is 1. The summed E-state index contributed by atoms with van der Waals surface area (Å²) >= 11 is 0. The van der Waals surface area contributed by atoms with Gasteiger partial charge in [0, 0.05) is 32.6 Å². The summed E-state index contributed by atoms with van der Waals surface area (Å²) in [5, 5.41) is 3.06. The van der Waals surface area contributed by atoms with Crippen molar-refractivity contribution in [3.8, 4) is 0 Å². The summed E-state index contributed by atoms with van der Waals surface area (Å²) in [6.07, 6.45) is 3.65. The Kier molecular flexibility index (Phi) is 5.62. The maximum Gasteiger partial charge on any atom is 0.265 e. The number of carbonyl (C=O) groups is 2. The predicted octanol–water partition coefficient (Wildman–Crippen LogP) is 1.70. The number of likely N-dealkylation sites (tertiary alicyclic amines) is 1. The Balaban J connectivity index is 1.72. The summed E-state index contributed by atoms with van der Waals surface area (Å²) in [5.74, 6) is 0.486. The van der Waals surface area contributed by atoms with Crippen molar-refractivity contribution in [2.24, 2.45) is 5.92 Å². The first-order chi connectivity index (χ1) is 12.9. The number of aromatic nitrogens is 2. The molecule has 1 N–H and O–H groups in total. The van der Waals surface area contributed by atoms with Gasteiger partial charge in [0.1, 0.15) is 17.5 Å². The van der Waals surface area contributed by atoms with Crippen molar-refractivity contribution >= 4 is 22.9 Å². The van der Waals surface area contributed by atoms with Crippen LogP contribution in [0.1, 0.15) is 49.2 Å². The minimum Gasteiger partial charge on any atom is -0.442 e. The molecule has 2 aromatic heterocycles. The van der Waals surface area contributed by atoms with Gasteiger partial charge in [-0.1, -0.05) is 13.8 Å². The zero-order chi connectivity index (χ0) is 19.6. The lowest BCUT2D eigenvalue weighted by Gasteiger charge is -2.15. The molecule has 2 amide bonds. The molecule has 0 atom stereocenters. The van der Waals surface area contributed by atoms with Gasteiger partial charge in [0.05, 0.1) is 5.56 Å². The van der Waals surface area contributed by atoms with Crippen LogP contribution in [-0.2, 0) is 11.3 Å². The van der Waals surface area contributed by atoms with Crippen LogP contribution in [0.4, 0.5) is 0 Å². The number of aryl methyl sites for hydroxylation is 1. The third-order valence-corrected chi connectivity index (χ3v) is 4.71. The minimum atomic E-state index is -0.347.